The third kappa shape index (κ3) is 4.40. The molecule has 1 spiro atoms. The molecule has 0 bridgehead atoms. The van der Waals surface area contributed by atoms with E-state index in [9.17, 15) is 9.90 Å². The van der Waals surface area contributed by atoms with Crippen LogP contribution >= 0.6 is 0 Å². The van der Waals surface area contributed by atoms with Crippen LogP contribution in [-0.2, 0) is 19.0 Å². The lowest BCUT2D eigenvalue weighted by Crippen LogP contribution is -2.49. The summed E-state index contributed by atoms with van der Waals surface area (Å²) in [5.74, 6) is -0.999. The minimum Gasteiger partial charge on any atom is -0.392 e. The van der Waals surface area contributed by atoms with Crippen molar-refractivity contribution < 1.29 is 24.1 Å². The van der Waals surface area contributed by atoms with Gasteiger partial charge in [0.15, 0.2) is 5.78 Å². The maximum atomic E-state index is 12.2. The van der Waals surface area contributed by atoms with Gasteiger partial charge in [0, 0.05) is 12.3 Å². The molecule has 0 amide bonds. The first-order valence-electron chi connectivity index (χ1n) is 11.0. The smallest absolute Gasteiger partial charge is 0.209 e. The van der Waals surface area contributed by atoms with Crippen molar-refractivity contribution in [2.75, 3.05) is 6.61 Å². The minimum absolute atomic E-state index is 0.0238. The van der Waals surface area contributed by atoms with Gasteiger partial charge >= 0.3 is 0 Å². The molecule has 5 nitrogen and oxygen atoms in total. The second kappa shape index (κ2) is 7.86. The van der Waals surface area contributed by atoms with Gasteiger partial charge in [0.05, 0.1) is 30.5 Å². The molecule has 3 aliphatic heterocycles. The van der Waals surface area contributed by atoms with Gasteiger partial charge in [-0.1, -0.05) is 17.2 Å². The van der Waals surface area contributed by atoms with Gasteiger partial charge in [-0.2, -0.15) is 0 Å². The summed E-state index contributed by atoms with van der Waals surface area (Å²) in [5, 5.41) is 9.99. The SMILES string of the molecule is CC1=C[C@]2(C=C(CO)[C@H]3CC(=O)C(C)=C[C@H]3O2)O[C@H](/C=C(\C)CCC2OC2(C)C)C1. The Labute approximate surface area is 179 Å². The van der Waals surface area contributed by atoms with E-state index in [4.69, 9.17) is 14.2 Å². The van der Waals surface area contributed by atoms with Crippen LogP contribution < -0.4 is 0 Å². The van der Waals surface area contributed by atoms with E-state index in [0.29, 0.717) is 12.5 Å². The van der Waals surface area contributed by atoms with Crippen LogP contribution in [0.4, 0.5) is 0 Å². The van der Waals surface area contributed by atoms with Crippen molar-refractivity contribution in [1.29, 1.82) is 0 Å². The largest absolute Gasteiger partial charge is 0.392 e. The topological polar surface area (TPSA) is 68.3 Å². The molecular formula is C25H34O5. The minimum atomic E-state index is -0.998. The van der Waals surface area contributed by atoms with E-state index in [1.165, 1.54) is 11.1 Å². The fourth-order valence-corrected chi connectivity index (χ4v) is 4.93. The molecule has 3 heterocycles. The molecule has 4 rings (SSSR count). The Hall–Kier alpha value is -1.53. The number of Topliss-reactive ketones (excluding diaryl/α,β-unsaturated/α-hetero) is 1. The van der Waals surface area contributed by atoms with E-state index in [0.717, 1.165) is 30.4 Å². The summed E-state index contributed by atoms with van der Waals surface area (Å²) >= 11 is 0. The summed E-state index contributed by atoms with van der Waals surface area (Å²) in [5.41, 5.74) is 4.05. The Morgan fingerprint density at radius 1 is 1.20 bits per heavy atom. The summed E-state index contributed by atoms with van der Waals surface area (Å²) in [6.07, 6.45) is 11.2. The van der Waals surface area contributed by atoms with Crippen molar-refractivity contribution in [2.45, 2.75) is 90.0 Å². The van der Waals surface area contributed by atoms with Crippen LogP contribution in [0.5, 0.6) is 0 Å². The van der Waals surface area contributed by atoms with Gasteiger partial charge in [-0.15, -0.1) is 0 Å². The van der Waals surface area contributed by atoms with Gasteiger partial charge in [0.1, 0.15) is 0 Å². The molecule has 4 aliphatic rings. The number of ether oxygens (including phenoxy) is 3. The first-order chi connectivity index (χ1) is 14.1. The Balaban J connectivity index is 1.52. The van der Waals surface area contributed by atoms with E-state index >= 15 is 0 Å². The zero-order chi connectivity index (χ0) is 21.7. The number of ketones is 1. The lowest BCUT2D eigenvalue weighted by molar-refractivity contribution is -0.224. The first kappa shape index (κ1) is 21.7. The fraction of sp³-hybridized carbons (Fsp3) is 0.640. The number of fused-ring (bicyclic) bond motifs is 1. The summed E-state index contributed by atoms with van der Waals surface area (Å²) in [6.45, 7) is 10.2. The Morgan fingerprint density at radius 3 is 2.60 bits per heavy atom. The average Bonchev–Trinajstić information content (AvgIpc) is 3.27. The zero-order valence-corrected chi connectivity index (χ0v) is 18.7. The van der Waals surface area contributed by atoms with E-state index in [2.05, 4.69) is 33.8 Å². The molecular weight excluding hydrogens is 380 g/mol. The fourth-order valence-electron chi connectivity index (χ4n) is 4.93. The van der Waals surface area contributed by atoms with Gasteiger partial charge in [0.2, 0.25) is 5.79 Å². The lowest BCUT2D eigenvalue weighted by atomic mass is 9.79. The number of aliphatic hydroxyl groups is 1. The molecule has 1 unspecified atom stereocenters. The molecule has 1 fully saturated rings. The van der Waals surface area contributed by atoms with Crippen molar-refractivity contribution in [2.24, 2.45) is 5.92 Å². The quantitative estimate of drug-likeness (QED) is 0.540. The maximum Gasteiger partial charge on any atom is 0.209 e. The van der Waals surface area contributed by atoms with E-state index < -0.39 is 5.79 Å². The summed E-state index contributed by atoms with van der Waals surface area (Å²) in [6, 6.07) is 0. The summed E-state index contributed by atoms with van der Waals surface area (Å²) < 4.78 is 18.6. The third-order valence-corrected chi connectivity index (χ3v) is 6.76. The number of carbonyl (C=O) groups excluding carboxylic acids is 1. The Morgan fingerprint density at radius 2 is 1.93 bits per heavy atom. The van der Waals surface area contributed by atoms with Crippen LogP contribution in [0.15, 0.2) is 46.6 Å². The number of rotatable bonds is 5. The van der Waals surface area contributed by atoms with Crippen LogP contribution in [0.1, 0.15) is 60.3 Å². The zero-order valence-electron chi connectivity index (χ0n) is 18.7. The van der Waals surface area contributed by atoms with Gasteiger partial charge in [-0.3, -0.25) is 4.79 Å². The van der Waals surface area contributed by atoms with Crippen molar-refractivity contribution in [3.63, 3.8) is 0 Å². The highest BCUT2D eigenvalue weighted by Gasteiger charge is 2.47. The highest BCUT2D eigenvalue weighted by molar-refractivity contribution is 5.96. The second-order valence-electron chi connectivity index (χ2n) is 9.88. The van der Waals surface area contributed by atoms with Crippen molar-refractivity contribution in [1.82, 2.24) is 0 Å². The summed E-state index contributed by atoms with van der Waals surface area (Å²) in [7, 11) is 0. The van der Waals surface area contributed by atoms with Gasteiger partial charge in [-0.25, -0.2) is 0 Å². The highest BCUT2D eigenvalue weighted by Crippen LogP contribution is 2.43. The maximum absolute atomic E-state index is 12.2. The lowest BCUT2D eigenvalue weighted by Gasteiger charge is -2.45. The average molecular weight is 415 g/mol. The van der Waals surface area contributed by atoms with Crippen LogP contribution in [0, 0.1) is 5.92 Å². The van der Waals surface area contributed by atoms with E-state index in [-0.39, 0.29) is 36.1 Å². The normalized spacial score (nSPS) is 38.0. The van der Waals surface area contributed by atoms with Gasteiger partial charge in [-0.05, 0) is 83.3 Å². The van der Waals surface area contributed by atoms with Crippen molar-refractivity contribution in [3.8, 4) is 0 Å². The Bertz CT molecular complexity index is 846. The molecule has 5 atom stereocenters. The molecule has 1 aliphatic carbocycles. The molecule has 0 saturated carbocycles. The third-order valence-electron chi connectivity index (χ3n) is 6.76. The number of carbonyl (C=O) groups is 1. The van der Waals surface area contributed by atoms with Crippen LogP contribution in [0.3, 0.4) is 0 Å². The van der Waals surface area contributed by atoms with Gasteiger partial charge < -0.3 is 19.3 Å². The van der Waals surface area contributed by atoms with Crippen molar-refractivity contribution >= 4 is 5.78 Å². The van der Waals surface area contributed by atoms with E-state index in [1.807, 2.05) is 25.2 Å². The monoisotopic (exact) mass is 414 g/mol. The number of hydrogen-bond donors (Lipinski definition) is 1. The molecule has 1 N–H and O–H groups in total. The number of aliphatic hydroxyl groups excluding tert-OH is 1. The predicted molar refractivity (Wildman–Crippen MR) is 115 cm³/mol. The molecule has 30 heavy (non-hydrogen) atoms. The highest BCUT2D eigenvalue weighted by atomic mass is 16.7. The predicted octanol–water partition coefficient (Wildman–Crippen LogP) is 4.17. The molecule has 5 heteroatoms. The molecule has 0 aromatic rings. The molecule has 1 saturated heterocycles. The Kier molecular flexibility index (Phi) is 5.69. The van der Waals surface area contributed by atoms with Crippen molar-refractivity contribution in [3.05, 3.63) is 46.6 Å². The van der Waals surface area contributed by atoms with Crippen LogP contribution in [-0.4, -0.2) is 47.2 Å². The first-order valence-corrected chi connectivity index (χ1v) is 11.0. The second-order valence-corrected chi connectivity index (χ2v) is 9.88. The van der Waals surface area contributed by atoms with E-state index in [1.54, 1.807) is 0 Å². The number of allylic oxidation sites excluding steroid dienone is 2. The molecule has 0 aromatic heterocycles. The number of epoxide rings is 1. The molecule has 164 valence electrons. The summed E-state index contributed by atoms with van der Waals surface area (Å²) in [4.78, 5) is 12.2. The molecule has 0 aromatic carbocycles. The standard InChI is InChI=1S/C25H34O5/c1-15(6-7-23-24(4,5)30-23)8-19-9-16(2)12-25(28-19)13-18(14-26)20-11-21(27)17(3)10-22(20)29-25/h8,10,12-13,19-20,22-23,26H,6-7,9,11,14H2,1-5H3/b15-8+/t19-,20-,22-,23?,25+/m1/s1. The van der Waals surface area contributed by atoms with Crippen LogP contribution in [0.25, 0.3) is 0 Å². The molecule has 0 radical (unpaired) electrons. The number of hydrogen-bond acceptors (Lipinski definition) is 5. The van der Waals surface area contributed by atoms with Crippen LogP contribution in [0.2, 0.25) is 0 Å². The van der Waals surface area contributed by atoms with Gasteiger partial charge in [0.25, 0.3) is 0 Å².